The van der Waals surface area contributed by atoms with Crippen LogP contribution in [-0.4, -0.2) is 29.9 Å². The van der Waals surface area contributed by atoms with Crippen LogP contribution >= 0.6 is 34.8 Å². The molecule has 5 nitrogen and oxygen atoms in total. The Morgan fingerprint density at radius 3 is 2.55 bits per heavy atom. The second-order valence-corrected chi connectivity index (χ2v) is 7.09. The van der Waals surface area contributed by atoms with Gasteiger partial charge in [0.15, 0.2) is 5.11 Å². The maximum atomic E-state index is 13.6. The number of ether oxygens (including phenoxy) is 1. The summed E-state index contributed by atoms with van der Waals surface area (Å²) >= 11 is 7.09. The average molecular weight is 439 g/mol. The molecule has 0 aliphatic heterocycles. The molecule has 0 spiro atoms. The molecule has 0 aromatic heterocycles. The van der Waals surface area contributed by atoms with Crippen molar-refractivity contribution in [1.29, 1.82) is 0 Å². The molecule has 0 aliphatic carbocycles. The highest BCUT2D eigenvalue weighted by molar-refractivity contribution is 14.1. The van der Waals surface area contributed by atoms with E-state index in [1.807, 2.05) is 22.6 Å². The molecule has 0 unspecified atom stereocenters. The van der Waals surface area contributed by atoms with Crippen molar-refractivity contribution in [3.8, 4) is 0 Å². The first-order valence-electron chi connectivity index (χ1n) is 6.64. The van der Waals surface area contributed by atoms with Gasteiger partial charge in [0.1, 0.15) is 11.4 Å². The van der Waals surface area contributed by atoms with Gasteiger partial charge >= 0.3 is 6.09 Å². The van der Waals surface area contributed by atoms with Gasteiger partial charge in [0, 0.05) is 16.7 Å². The number of rotatable bonds is 4. The van der Waals surface area contributed by atoms with Crippen molar-refractivity contribution >= 4 is 51.7 Å². The number of carbonyl (C=O) groups is 1. The Labute approximate surface area is 148 Å². The van der Waals surface area contributed by atoms with Gasteiger partial charge in [0.2, 0.25) is 0 Å². The van der Waals surface area contributed by atoms with Crippen LogP contribution in [0.1, 0.15) is 20.8 Å². The summed E-state index contributed by atoms with van der Waals surface area (Å²) in [5.74, 6) is -0.372. The summed E-state index contributed by atoms with van der Waals surface area (Å²) < 4.78 is 19.5. The van der Waals surface area contributed by atoms with Crippen molar-refractivity contribution in [1.82, 2.24) is 10.6 Å². The number of halogens is 2. The van der Waals surface area contributed by atoms with Gasteiger partial charge in [-0.15, -0.1) is 0 Å². The molecule has 0 heterocycles. The van der Waals surface area contributed by atoms with Crippen molar-refractivity contribution in [2.45, 2.75) is 26.4 Å². The van der Waals surface area contributed by atoms with E-state index in [0.29, 0.717) is 18.8 Å². The lowest BCUT2D eigenvalue weighted by molar-refractivity contribution is 0.0529. The zero-order valence-electron chi connectivity index (χ0n) is 12.6. The number of thiocarbonyl (C=S) groups is 1. The largest absolute Gasteiger partial charge is 0.444 e. The Kier molecular flexibility index (Phi) is 7.27. The molecule has 3 N–H and O–H groups in total. The summed E-state index contributed by atoms with van der Waals surface area (Å²) in [6, 6.07) is 4.80. The van der Waals surface area contributed by atoms with E-state index in [-0.39, 0.29) is 10.9 Å². The molecular formula is C14H19FIN3O2S. The molecule has 1 aromatic rings. The van der Waals surface area contributed by atoms with Gasteiger partial charge < -0.3 is 20.7 Å². The molecule has 0 atom stereocenters. The van der Waals surface area contributed by atoms with Crippen molar-refractivity contribution in [3.63, 3.8) is 0 Å². The van der Waals surface area contributed by atoms with Crippen LogP contribution in [0.3, 0.4) is 0 Å². The summed E-state index contributed by atoms with van der Waals surface area (Å²) in [6.45, 7) is 6.11. The zero-order valence-corrected chi connectivity index (χ0v) is 15.6. The fraction of sp³-hybridized carbons (Fsp3) is 0.429. The highest BCUT2D eigenvalue weighted by Gasteiger charge is 2.15. The summed E-state index contributed by atoms with van der Waals surface area (Å²) in [4.78, 5) is 11.4. The summed E-state index contributed by atoms with van der Waals surface area (Å²) in [7, 11) is 0. The highest BCUT2D eigenvalue weighted by atomic mass is 127. The second kappa shape index (κ2) is 8.47. The maximum Gasteiger partial charge on any atom is 0.407 e. The molecule has 0 bridgehead atoms. The third-order valence-corrected chi connectivity index (χ3v) is 3.18. The molecule has 122 valence electrons. The lowest BCUT2D eigenvalue weighted by Gasteiger charge is -2.19. The molecule has 0 radical (unpaired) electrons. The minimum atomic E-state index is -0.531. The minimum absolute atomic E-state index is 0.283. The van der Waals surface area contributed by atoms with Crippen LogP contribution in [-0.2, 0) is 4.74 Å². The van der Waals surface area contributed by atoms with Gasteiger partial charge in [-0.1, -0.05) is 0 Å². The van der Waals surface area contributed by atoms with Crippen LogP contribution in [0, 0.1) is 9.39 Å². The quantitative estimate of drug-likeness (QED) is 0.382. The number of amides is 1. The van der Waals surface area contributed by atoms with Crippen molar-refractivity contribution in [3.05, 3.63) is 27.6 Å². The zero-order chi connectivity index (χ0) is 16.8. The van der Waals surface area contributed by atoms with Gasteiger partial charge in [0.25, 0.3) is 0 Å². The van der Waals surface area contributed by atoms with Crippen LogP contribution in [0.25, 0.3) is 0 Å². The van der Waals surface area contributed by atoms with E-state index >= 15 is 0 Å². The third-order valence-electron chi connectivity index (χ3n) is 2.26. The SMILES string of the molecule is CC(C)(C)OC(=O)NCCNC(=S)Nc1ccc(I)cc1F. The number of hydrogen-bond acceptors (Lipinski definition) is 3. The van der Waals surface area contributed by atoms with Gasteiger partial charge in [-0.05, 0) is 73.8 Å². The second-order valence-electron chi connectivity index (χ2n) is 5.43. The number of benzene rings is 1. The van der Waals surface area contributed by atoms with Gasteiger partial charge in [-0.3, -0.25) is 0 Å². The predicted molar refractivity (Wildman–Crippen MR) is 97.6 cm³/mol. The third kappa shape index (κ3) is 7.74. The first kappa shape index (κ1) is 18.9. The monoisotopic (exact) mass is 439 g/mol. The molecule has 0 saturated carbocycles. The molecule has 1 amide bonds. The average Bonchev–Trinajstić information content (AvgIpc) is 2.36. The van der Waals surface area contributed by atoms with Crippen molar-refractivity contribution in [2.24, 2.45) is 0 Å². The standard InChI is InChI=1S/C14H19FIN3O2S/c1-14(2,3)21-13(20)18-7-6-17-12(22)19-11-5-4-9(16)8-10(11)15/h4-5,8H,6-7H2,1-3H3,(H,18,20)(H2,17,19,22). The van der Waals surface area contributed by atoms with Crippen LogP contribution < -0.4 is 16.0 Å². The van der Waals surface area contributed by atoms with Gasteiger partial charge in [0.05, 0.1) is 5.69 Å². The molecular weight excluding hydrogens is 420 g/mol. The summed E-state index contributed by atoms with van der Waals surface area (Å²) in [5.41, 5.74) is -0.227. The smallest absolute Gasteiger partial charge is 0.407 e. The molecule has 0 aliphatic rings. The summed E-state index contributed by atoms with van der Waals surface area (Å²) in [6.07, 6.45) is -0.489. The van der Waals surface area contributed by atoms with Crippen molar-refractivity contribution < 1.29 is 13.9 Å². The molecule has 1 rings (SSSR count). The lowest BCUT2D eigenvalue weighted by Crippen LogP contribution is -2.39. The number of carbonyl (C=O) groups excluding carboxylic acids is 1. The van der Waals surface area contributed by atoms with E-state index in [1.165, 1.54) is 6.07 Å². The van der Waals surface area contributed by atoms with E-state index in [4.69, 9.17) is 17.0 Å². The maximum absolute atomic E-state index is 13.6. The predicted octanol–water partition coefficient (Wildman–Crippen LogP) is 3.24. The number of hydrogen-bond donors (Lipinski definition) is 3. The number of alkyl carbamates (subject to hydrolysis) is 1. The van der Waals surface area contributed by atoms with Crippen LogP contribution in [0.15, 0.2) is 18.2 Å². The first-order valence-corrected chi connectivity index (χ1v) is 8.13. The van der Waals surface area contributed by atoms with E-state index in [2.05, 4.69) is 16.0 Å². The molecule has 8 heteroatoms. The van der Waals surface area contributed by atoms with Crippen molar-refractivity contribution in [2.75, 3.05) is 18.4 Å². The first-order chi connectivity index (χ1) is 10.2. The normalized spacial score (nSPS) is 10.8. The van der Waals surface area contributed by atoms with Gasteiger partial charge in [-0.2, -0.15) is 0 Å². The number of anilines is 1. The Morgan fingerprint density at radius 1 is 1.32 bits per heavy atom. The Balaban J connectivity index is 2.28. The van der Waals surface area contributed by atoms with E-state index < -0.39 is 11.7 Å². The van der Waals surface area contributed by atoms with E-state index in [9.17, 15) is 9.18 Å². The molecule has 1 aromatic carbocycles. The lowest BCUT2D eigenvalue weighted by atomic mass is 10.2. The van der Waals surface area contributed by atoms with Crippen LogP contribution in [0.5, 0.6) is 0 Å². The van der Waals surface area contributed by atoms with Crippen LogP contribution in [0.4, 0.5) is 14.9 Å². The molecule has 22 heavy (non-hydrogen) atoms. The Bertz CT molecular complexity index is 549. The van der Waals surface area contributed by atoms with E-state index in [0.717, 1.165) is 3.57 Å². The Hall–Kier alpha value is -1.16. The topological polar surface area (TPSA) is 62.4 Å². The van der Waals surface area contributed by atoms with Gasteiger partial charge in [-0.25, -0.2) is 9.18 Å². The number of nitrogens with one attached hydrogen (secondary N) is 3. The molecule has 0 fully saturated rings. The van der Waals surface area contributed by atoms with Crippen LogP contribution in [0.2, 0.25) is 0 Å². The van der Waals surface area contributed by atoms with E-state index in [1.54, 1.807) is 32.9 Å². The Morgan fingerprint density at radius 2 is 1.95 bits per heavy atom. The fourth-order valence-electron chi connectivity index (χ4n) is 1.41. The summed E-state index contributed by atoms with van der Waals surface area (Å²) in [5, 5.41) is 8.51. The fourth-order valence-corrected chi connectivity index (χ4v) is 2.08. The minimum Gasteiger partial charge on any atom is -0.444 e. The molecule has 0 saturated heterocycles. The highest BCUT2D eigenvalue weighted by Crippen LogP contribution is 2.16.